The molecule has 0 radical (unpaired) electrons. The van der Waals surface area contributed by atoms with Crippen LogP contribution in [0.1, 0.15) is 16.8 Å². The molecule has 0 saturated carbocycles. The summed E-state index contributed by atoms with van der Waals surface area (Å²) < 4.78 is 32.1. The fraction of sp³-hybridized carbons (Fsp3) is 0.385. The largest absolute Gasteiger partial charge is 0.393 e. The first-order chi connectivity index (χ1) is 9.47. The number of nitrogens with two attached hydrogens (primary N) is 1. The molecule has 0 aliphatic rings. The highest BCUT2D eigenvalue weighted by Gasteiger charge is 2.22. The van der Waals surface area contributed by atoms with Gasteiger partial charge in [0.2, 0.25) is 0 Å². The van der Waals surface area contributed by atoms with Gasteiger partial charge in [0, 0.05) is 26.6 Å². The van der Waals surface area contributed by atoms with Crippen molar-refractivity contribution in [3.8, 4) is 0 Å². The summed E-state index contributed by atoms with van der Waals surface area (Å²) in [6.45, 7) is 0.635. The Labute approximate surface area is 121 Å². The van der Waals surface area contributed by atoms with Crippen molar-refractivity contribution in [2.75, 3.05) is 26.8 Å². The molecule has 0 aliphatic heterocycles. The first-order valence-electron chi connectivity index (χ1n) is 5.98. The van der Waals surface area contributed by atoms with Crippen LogP contribution in [0, 0.1) is 11.6 Å². The quantitative estimate of drug-likeness (QED) is 0.779. The summed E-state index contributed by atoms with van der Waals surface area (Å²) in [6, 6.07) is 3.28. The van der Waals surface area contributed by atoms with Gasteiger partial charge in [-0.25, -0.2) is 8.78 Å². The fourth-order valence-electron chi connectivity index (χ4n) is 1.62. The van der Waals surface area contributed by atoms with Gasteiger partial charge in [0.1, 0.15) is 17.2 Å². The first-order valence-corrected chi connectivity index (χ1v) is 6.38. The predicted octanol–water partition coefficient (Wildman–Crippen LogP) is 1.73. The summed E-state index contributed by atoms with van der Waals surface area (Å²) in [5.41, 5.74) is 4.80. The molecule has 1 amide bonds. The third-order valence-electron chi connectivity index (χ3n) is 2.66. The van der Waals surface area contributed by atoms with Crippen LogP contribution in [0.3, 0.4) is 0 Å². The second-order valence-corrected chi connectivity index (χ2v) is 4.62. The number of carbonyl (C=O) groups is 1. The molecule has 20 heavy (non-hydrogen) atoms. The van der Waals surface area contributed by atoms with Crippen molar-refractivity contribution in [1.29, 1.82) is 0 Å². The number of thiocarbonyl (C=S) groups is 1. The van der Waals surface area contributed by atoms with Gasteiger partial charge in [0.15, 0.2) is 0 Å². The zero-order chi connectivity index (χ0) is 15.1. The third kappa shape index (κ3) is 4.50. The first kappa shape index (κ1) is 16.5. The van der Waals surface area contributed by atoms with Crippen LogP contribution >= 0.6 is 12.2 Å². The van der Waals surface area contributed by atoms with E-state index in [0.29, 0.717) is 0 Å². The molecule has 0 heterocycles. The van der Waals surface area contributed by atoms with Gasteiger partial charge >= 0.3 is 0 Å². The highest BCUT2D eigenvalue weighted by Crippen LogP contribution is 2.15. The van der Waals surface area contributed by atoms with Gasteiger partial charge < -0.3 is 15.4 Å². The van der Waals surface area contributed by atoms with Crippen molar-refractivity contribution in [2.45, 2.75) is 6.42 Å². The number of nitrogens with zero attached hydrogens (tertiary/aromatic N) is 1. The Morgan fingerprint density at radius 3 is 2.45 bits per heavy atom. The molecular formula is C13H16F2N2O2S. The minimum atomic E-state index is -0.896. The smallest absolute Gasteiger partial charge is 0.259 e. The lowest BCUT2D eigenvalue weighted by atomic mass is 10.1. The van der Waals surface area contributed by atoms with Gasteiger partial charge in [0.25, 0.3) is 5.91 Å². The molecular weight excluding hydrogens is 286 g/mol. The van der Waals surface area contributed by atoms with E-state index in [2.05, 4.69) is 0 Å². The Kier molecular flexibility index (Phi) is 6.47. The minimum absolute atomic E-state index is 0.186. The maximum absolute atomic E-state index is 13.6. The summed E-state index contributed by atoms with van der Waals surface area (Å²) >= 11 is 4.74. The van der Waals surface area contributed by atoms with E-state index in [9.17, 15) is 13.6 Å². The standard InChI is InChI=1S/C13H16F2N2O2S/c1-19-8-7-17(6-5-11(16)20)13(18)12-9(14)3-2-4-10(12)15/h2-4H,5-8H2,1H3,(H2,16,20). The molecule has 7 heteroatoms. The number of hydrogen-bond acceptors (Lipinski definition) is 3. The van der Waals surface area contributed by atoms with Crippen molar-refractivity contribution in [1.82, 2.24) is 4.90 Å². The Hall–Kier alpha value is -1.60. The zero-order valence-electron chi connectivity index (χ0n) is 11.1. The Bertz CT molecular complexity index is 477. The number of amides is 1. The van der Waals surface area contributed by atoms with E-state index in [4.69, 9.17) is 22.7 Å². The van der Waals surface area contributed by atoms with Crippen LogP contribution in [0.2, 0.25) is 0 Å². The molecule has 0 spiro atoms. The van der Waals surface area contributed by atoms with Crippen molar-refractivity contribution in [3.63, 3.8) is 0 Å². The minimum Gasteiger partial charge on any atom is -0.393 e. The molecule has 0 bridgehead atoms. The van der Waals surface area contributed by atoms with Crippen LogP contribution in [0.4, 0.5) is 8.78 Å². The number of methoxy groups -OCH3 is 1. The molecule has 4 nitrogen and oxygen atoms in total. The van der Waals surface area contributed by atoms with Gasteiger partial charge in [0.05, 0.1) is 11.6 Å². The van der Waals surface area contributed by atoms with E-state index in [0.717, 1.165) is 12.1 Å². The van der Waals surface area contributed by atoms with Crippen molar-refractivity contribution >= 4 is 23.1 Å². The maximum Gasteiger partial charge on any atom is 0.259 e. The van der Waals surface area contributed by atoms with Crippen LogP contribution in [-0.4, -0.2) is 42.6 Å². The molecule has 0 unspecified atom stereocenters. The summed E-state index contributed by atoms with van der Waals surface area (Å²) in [4.78, 5) is 13.7. The number of halogens is 2. The van der Waals surface area contributed by atoms with Crippen molar-refractivity contribution in [3.05, 3.63) is 35.4 Å². The average molecular weight is 302 g/mol. The van der Waals surface area contributed by atoms with Gasteiger partial charge in [-0.3, -0.25) is 4.79 Å². The van der Waals surface area contributed by atoms with E-state index >= 15 is 0 Å². The molecule has 2 N–H and O–H groups in total. The summed E-state index contributed by atoms with van der Waals surface area (Å²) in [5, 5.41) is 0. The predicted molar refractivity (Wildman–Crippen MR) is 75.5 cm³/mol. The maximum atomic E-state index is 13.6. The van der Waals surface area contributed by atoms with E-state index in [-0.39, 0.29) is 31.1 Å². The van der Waals surface area contributed by atoms with Crippen LogP contribution in [0.25, 0.3) is 0 Å². The second-order valence-electron chi connectivity index (χ2n) is 4.10. The van der Waals surface area contributed by atoms with Gasteiger partial charge in [-0.2, -0.15) is 0 Å². The summed E-state index contributed by atoms with van der Waals surface area (Å²) in [5.74, 6) is -2.53. The molecule has 0 atom stereocenters. The molecule has 1 rings (SSSR count). The Balaban J connectivity index is 2.93. The number of benzene rings is 1. The monoisotopic (exact) mass is 302 g/mol. The topological polar surface area (TPSA) is 55.6 Å². The molecule has 0 aromatic heterocycles. The summed E-state index contributed by atoms with van der Waals surface area (Å²) in [6.07, 6.45) is 0.279. The number of carbonyl (C=O) groups excluding carboxylic acids is 1. The number of rotatable bonds is 7. The lowest BCUT2D eigenvalue weighted by molar-refractivity contribution is 0.0691. The highest BCUT2D eigenvalue weighted by molar-refractivity contribution is 7.80. The lowest BCUT2D eigenvalue weighted by Crippen LogP contribution is -2.37. The SMILES string of the molecule is COCCN(CCC(N)=S)C(=O)c1c(F)cccc1F. The molecule has 1 aromatic carbocycles. The lowest BCUT2D eigenvalue weighted by Gasteiger charge is -2.22. The third-order valence-corrected chi connectivity index (χ3v) is 2.86. The van der Waals surface area contributed by atoms with Crippen molar-refractivity contribution in [2.24, 2.45) is 5.73 Å². The van der Waals surface area contributed by atoms with Crippen LogP contribution in [0.15, 0.2) is 18.2 Å². The van der Waals surface area contributed by atoms with Gasteiger partial charge in [-0.1, -0.05) is 18.3 Å². The molecule has 0 saturated heterocycles. The number of ether oxygens (including phenoxy) is 1. The molecule has 110 valence electrons. The van der Waals surface area contributed by atoms with Gasteiger partial charge in [-0.15, -0.1) is 0 Å². The van der Waals surface area contributed by atoms with E-state index in [1.165, 1.54) is 18.1 Å². The average Bonchev–Trinajstić information content (AvgIpc) is 2.38. The zero-order valence-corrected chi connectivity index (χ0v) is 11.9. The van der Waals surface area contributed by atoms with Crippen molar-refractivity contribution < 1.29 is 18.3 Å². The Morgan fingerprint density at radius 1 is 1.35 bits per heavy atom. The number of hydrogen-bond donors (Lipinski definition) is 1. The van der Waals surface area contributed by atoms with E-state index < -0.39 is 23.1 Å². The van der Waals surface area contributed by atoms with Crippen LogP contribution < -0.4 is 5.73 Å². The Morgan fingerprint density at radius 2 is 1.95 bits per heavy atom. The highest BCUT2D eigenvalue weighted by atomic mass is 32.1. The van der Waals surface area contributed by atoms with Crippen LogP contribution in [-0.2, 0) is 4.74 Å². The van der Waals surface area contributed by atoms with Gasteiger partial charge in [-0.05, 0) is 12.1 Å². The molecule has 0 fully saturated rings. The molecule has 1 aromatic rings. The normalized spacial score (nSPS) is 10.3. The van der Waals surface area contributed by atoms with E-state index in [1.807, 2.05) is 0 Å². The summed E-state index contributed by atoms with van der Waals surface area (Å²) in [7, 11) is 1.47. The fourth-order valence-corrected chi connectivity index (χ4v) is 1.71. The molecule has 0 aliphatic carbocycles. The van der Waals surface area contributed by atoms with Crippen LogP contribution in [0.5, 0.6) is 0 Å². The second kappa shape index (κ2) is 7.86. The van der Waals surface area contributed by atoms with E-state index in [1.54, 1.807) is 0 Å².